The lowest BCUT2D eigenvalue weighted by Gasteiger charge is -2.33. The summed E-state index contributed by atoms with van der Waals surface area (Å²) < 4.78 is 0. The maximum Gasteiger partial charge on any atom is 0.319 e. The van der Waals surface area contributed by atoms with E-state index in [1.54, 1.807) is 23.9 Å². The molecule has 3 amide bonds. The molecule has 2 rings (SSSR count). The lowest BCUT2D eigenvalue weighted by atomic mass is 9.97. The average Bonchev–Trinajstić information content (AvgIpc) is 3.03. The lowest BCUT2D eigenvalue weighted by Crippen LogP contribution is -2.47. The molecule has 1 N–H and O–H groups in total. The van der Waals surface area contributed by atoms with Crippen LogP contribution in [0, 0.1) is 5.92 Å². The maximum absolute atomic E-state index is 12.5. The predicted octanol–water partition coefficient (Wildman–Crippen LogP) is 2.77. The summed E-state index contributed by atoms with van der Waals surface area (Å²) in [6, 6.07) is -0.0425. The largest absolute Gasteiger partial charge is 0.331 e. The molecule has 1 fully saturated rings. The third-order valence-corrected chi connectivity index (χ3v) is 5.33. The molecule has 0 aromatic carbocycles. The highest BCUT2D eigenvalue weighted by Crippen LogP contribution is 2.27. The Labute approximate surface area is 147 Å². The summed E-state index contributed by atoms with van der Waals surface area (Å²) in [6.45, 7) is 5.44. The Balaban J connectivity index is 1.93. The number of nitrogens with one attached hydrogen (secondary N) is 1. The van der Waals surface area contributed by atoms with Gasteiger partial charge in [-0.1, -0.05) is 31.6 Å². The van der Waals surface area contributed by atoms with Gasteiger partial charge in [-0.05, 0) is 19.3 Å². The molecule has 1 aliphatic rings. The number of hydrogen-bond donors (Lipinski definition) is 1. The molecule has 2 atom stereocenters. The Kier molecular flexibility index (Phi) is 6.53. The molecule has 0 aliphatic carbocycles. The van der Waals surface area contributed by atoms with E-state index in [2.05, 4.69) is 29.4 Å². The average molecular weight is 353 g/mol. The first-order valence-corrected chi connectivity index (χ1v) is 9.34. The number of hydrogen-bond acceptors (Lipinski definition) is 5. The van der Waals surface area contributed by atoms with Crippen LogP contribution < -0.4 is 5.32 Å². The van der Waals surface area contributed by atoms with Gasteiger partial charge in [0, 0.05) is 33.1 Å². The van der Waals surface area contributed by atoms with Crippen molar-refractivity contribution < 1.29 is 9.59 Å². The van der Waals surface area contributed by atoms with Gasteiger partial charge < -0.3 is 15.1 Å². The molecular formula is C16H27N5O2S. The maximum atomic E-state index is 12.5. The number of rotatable bonds is 5. The van der Waals surface area contributed by atoms with Crippen molar-refractivity contribution in [2.24, 2.45) is 5.92 Å². The summed E-state index contributed by atoms with van der Waals surface area (Å²) in [7, 11) is 3.46. The van der Waals surface area contributed by atoms with Crippen LogP contribution in [0.1, 0.15) is 50.5 Å². The van der Waals surface area contributed by atoms with Crippen molar-refractivity contribution in [3.05, 3.63) is 5.01 Å². The first kappa shape index (κ1) is 18.6. The Morgan fingerprint density at radius 1 is 1.42 bits per heavy atom. The number of urea groups is 1. The van der Waals surface area contributed by atoms with Gasteiger partial charge in [0.25, 0.3) is 0 Å². The zero-order valence-electron chi connectivity index (χ0n) is 14.9. The van der Waals surface area contributed by atoms with Crippen molar-refractivity contribution in [2.45, 2.75) is 45.4 Å². The highest BCUT2D eigenvalue weighted by Gasteiger charge is 2.29. The van der Waals surface area contributed by atoms with Gasteiger partial charge in [-0.2, -0.15) is 0 Å². The van der Waals surface area contributed by atoms with Crippen LogP contribution in [-0.4, -0.2) is 59.1 Å². The minimum absolute atomic E-state index is 0.0425. The van der Waals surface area contributed by atoms with E-state index < -0.39 is 0 Å². The van der Waals surface area contributed by atoms with E-state index in [-0.39, 0.29) is 17.9 Å². The second-order valence-corrected chi connectivity index (χ2v) is 7.60. The first-order chi connectivity index (χ1) is 11.4. The number of piperidine rings is 1. The fourth-order valence-corrected chi connectivity index (χ4v) is 3.73. The van der Waals surface area contributed by atoms with Crippen molar-refractivity contribution >= 4 is 28.4 Å². The molecule has 0 radical (unpaired) electrons. The van der Waals surface area contributed by atoms with Crippen LogP contribution in [0.3, 0.4) is 0 Å². The van der Waals surface area contributed by atoms with Crippen molar-refractivity contribution in [1.82, 2.24) is 20.0 Å². The lowest BCUT2D eigenvalue weighted by molar-refractivity contribution is -0.121. The van der Waals surface area contributed by atoms with E-state index >= 15 is 0 Å². The third-order valence-electron chi connectivity index (χ3n) is 4.26. The molecular weight excluding hydrogens is 326 g/mol. The SMILES string of the molecule is CCCC(C)c1nnc(NC(=O)C2CCCN(C(=O)N(C)C)C2)s1. The molecule has 2 heterocycles. The molecule has 0 saturated carbocycles. The summed E-state index contributed by atoms with van der Waals surface area (Å²) >= 11 is 1.44. The molecule has 2 unspecified atom stereocenters. The Morgan fingerprint density at radius 2 is 2.17 bits per heavy atom. The van der Waals surface area contributed by atoms with Gasteiger partial charge >= 0.3 is 6.03 Å². The van der Waals surface area contributed by atoms with Gasteiger partial charge in [0.2, 0.25) is 11.0 Å². The number of carbonyl (C=O) groups excluding carboxylic acids is 2. The second-order valence-electron chi connectivity index (χ2n) is 6.59. The quantitative estimate of drug-likeness (QED) is 0.883. The molecule has 0 spiro atoms. The fourth-order valence-electron chi connectivity index (χ4n) is 2.90. The highest BCUT2D eigenvalue weighted by molar-refractivity contribution is 7.15. The normalized spacial score (nSPS) is 19.0. The van der Waals surface area contributed by atoms with Crippen LogP contribution in [0.25, 0.3) is 0 Å². The van der Waals surface area contributed by atoms with Crippen LogP contribution in [0.4, 0.5) is 9.93 Å². The molecule has 8 heteroatoms. The monoisotopic (exact) mass is 353 g/mol. The number of likely N-dealkylation sites (tertiary alicyclic amines) is 1. The van der Waals surface area contributed by atoms with Crippen molar-refractivity contribution in [2.75, 3.05) is 32.5 Å². The number of carbonyl (C=O) groups is 2. The van der Waals surface area contributed by atoms with Crippen molar-refractivity contribution in [3.63, 3.8) is 0 Å². The Hall–Kier alpha value is -1.70. The van der Waals surface area contributed by atoms with E-state index in [0.29, 0.717) is 24.1 Å². The molecule has 1 aromatic heterocycles. The summed E-state index contributed by atoms with van der Waals surface area (Å²) in [4.78, 5) is 27.8. The van der Waals surface area contributed by atoms with Gasteiger partial charge in [-0.15, -0.1) is 10.2 Å². The molecule has 1 aromatic rings. The van der Waals surface area contributed by atoms with Crippen molar-refractivity contribution in [3.8, 4) is 0 Å². The van der Waals surface area contributed by atoms with Crippen LogP contribution in [-0.2, 0) is 4.79 Å². The van der Waals surface area contributed by atoms with Crippen LogP contribution in [0.5, 0.6) is 0 Å². The molecule has 7 nitrogen and oxygen atoms in total. The number of anilines is 1. The number of nitrogens with zero attached hydrogens (tertiary/aromatic N) is 4. The molecule has 24 heavy (non-hydrogen) atoms. The van der Waals surface area contributed by atoms with Crippen LogP contribution in [0.2, 0.25) is 0 Å². The number of aromatic nitrogens is 2. The van der Waals surface area contributed by atoms with Gasteiger partial charge in [-0.25, -0.2) is 4.79 Å². The smallest absolute Gasteiger partial charge is 0.319 e. The van der Waals surface area contributed by atoms with Gasteiger partial charge in [0.15, 0.2) is 0 Å². The standard InChI is InChI=1S/C16H27N5O2S/c1-5-7-11(2)14-18-19-15(24-14)17-13(22)12-8-6-9-21(10-12)16(23)20(3)4/h11-12H,5-10H2,1-4H3,(H,17,19,22). The summed E-state index contributed by atoms with van der Waals surface area (Å²) in [5.74, 6) is 0.0983. The fraction of sp³-hybridized carbons (Fsp3) is 0.750. The van der Waals surface area contributed by atoms with Gasteiger partial charge in [-0.3, -0.25) is 4.79 Å². The topological polar surface area (TPSA) is 78.4 Å². The Morgan fingerprint density at radius 3 is 2.83 bits per heavy atom. The summed E-state index contributed by atoms with van der Waals surface area (Å²) in [6.07, 6.45) is 3.79. The minimum atomic E-state index is -0.192. The predicted molar refractivity (Wildman–Crippen MR) is 95.2 cm³/mol. The van der Waals surface area contributed by atoms with E-state index in [4.69, 9.17) is 0 Å². The van der Waals surface area contributed by atoms with Crippen LogP contribution in [0.15, 0.2) is 0 Å². The minimum Gasteiger partial charge on any atom is -0.331 e. The number of amides is 3. The summed E-state index contributed by atoms with van der Waals surface area (Å²) in [5, 5.41) is 12.6. The van der Waals surface area contributed by atoms with E-state index in [1.807, 2.05) is 0 Å². The van der Waals surface area contributed by atoms with Gasteiger partial charge in [0.05, 0.1) is 5.92 Å². The van der Waals surface area contributed by atoms with Gasteiger partial charge in [0.1, 0.15) is 5.01 Å². The molecule has 1 aliphatic heterocycles. The van der Waals surface area contributed by atoms with E-state index in [0.717, 1.165) is 30.7 Å². The molecule has 134 valence electrons. The van der Waals surface area contributed by atoms with E-state index in [9.17, 15) is 9.59 Å². The molecule has 0 bridgehead atoms. The summed E-state index contributed by atoms with van der Waals surface area (Å²) in [5.41, 5.74) is 0. The second kappa shape index (κ2) is 8.41. The van der Waals surface area contributed by atoms with Crippen molar-refractivity contribution in [1.29, 1.82) is 0 Å². The van der Waals surface area contributed by atoms with Crippen LogP contribution >= 0.6 is 11.3 Å². The third kappa shape index (κ3) is 4.66. The zero-order chi connectivity index (χ0) is 17.7. The highest BCUT2D eigenvalue weighted by atomic mass is 32.1. The first-order valence-electron chi connectivity index (χ1n) is 8.52. The zero-order valence-corrected chi connectivity index (χ0v) is 15.7. The van der Waals surface area contributed by atoms with E-state index in [1.165, 1.54) is 11.3 Å². The molecule has 1 saturated heterocycles. The Bertz CT molecular complexity index is 575.